The summed E-state index contributed by atoms with van der Waals surface area (Å²) in [6.07, 6.45) is 1.96. The number of aryl methyl sites for hydroxylation is 1. The number of carbonyl (C=O) groups excluding carboxylic acids is 1. The summed E-state index contributed by atoms with van der Waals surface area (Å²) in [5.74, 6) is -0.126. The molecule has 0 radical (unpaired) electrons. The smallest absolute Gasteiger partial charge is 0.323 e. The Morgan fingerprint density at radius 2 is 2.44 bits per heavy atom. The van der Waals surface area contributed by atoms with Crippen LogP contribution in [0.1, 0.15) is 24.0 Å². The molecule has 1 aliphatic heterocycles. The topological polar surface area (TPSA) is 38.3 Å². The molecule has 1 aromatic rings. The highest BCUT2D eigenvalue weighted by molar-refractivity contribution is 5.76. The third-order valence-electron chi connectivity index (χ3n) is 2.81. The van der Waals surface area contributed by atoms with Crippen molar-refractivity contribution in [3.8, 4) is 0 Å². The highest BCUT2D eigenvalue weighted by Gasteiger charge is 2.23. The minimum absolute atomic E-state index is 0.0928. The van der Waals surface area contributed by atoms with Crippen LogP contribution < -0.4 is 5.32 Å². The lowest BCUT2D eigenvalue weighted by atomic mass is 10.1. The summed E-state index contributed by atoms with van der Waals surface area (Å²) >= 11 is 0. The first-order valence-corrected chi connectivity index (χ1v) is 5.71. The molecule has 3 nitrogen and oxygen atoms in total. The van der Waals surface area contributed by atoms with E-state index in [4.69, 9.17) is 4.74 Å². The molecule has 86 valence electrons. The van der Waals surface area contributed by atoms with Gasteiger partial charge in [0.2, 0.25) is 0 Å². The lowest BCUT2D eigenvalue weighted by Crippen LogP contribution is -2.32. The van der Waals surface area contributed by atoms with Gasteiger partial charge in [-0.2, -0.15) is 0 Å². The Kier molecular flexibility index (Phi) is 3.57. The van der Waals surface area contributed by atoms with E-state index in [2.05, 4.69) is 5.32 Å². The molecule has 0 saturated carbocycles. The maximum atomic E-state index is 11.6. The molecular weight excluding hydrogens is 202 g/mol. The zero-order chi connectivity index (χ0) is 11.4. The van der Waals surface area contributed by atoms with Crippen molar-refractivity contribution >= 4 is 5.97 Å². The average Bonchev–Trinajstić information content (AvgIpc) is 2.79. The lowest BCUT2D eigenvalue weighted by molar-refractivity contribution is -0.147. The second-order valence-electron chi connectivity index (χ2n) is 4.25. The zero-order valence-corrected chi connectivity index (χ0v) is 9.53. The third kappa shape index (κ3) is 2.83. The van der Waals surface area contributed by atoms with Crippen molar-refractivity contribution in [3.63, 3.8) is 0 Å². The van der Waals surface area contributed by atoms with Crippen molar-refractivity contribution in [2.75, 3.05) is 6.54 Å². The van der Waals surface area contributed by atoms with E-state index in [1.807, 2.05) is 31.2 Å². The lowest BCUT2D eigenvalue weighted by Gasteiger charge is -2.10. The molecule has 16 heavy (non-hydrogen) atoms. The molecule has 1 atom stereocenters. The van der Waals surface area contributed by atoms with Gasteiger partial charge in [0.1, 0.15) is 12.6 Å². The largest absolute Gasteiger partial charge is 0.460 e. The average molecular weight is 219 g/mol. The molecule has 0 aliphatic carbocycles. The van der Waals surface area contributed by atoms with E-state index < -0.39 is 0 Å². The fraction of sp³-hybridized carbons (Fsp3) is 0.462. The Hall–Kier alpha value is -1.35. The molecule has 0 spiro atoms. The summed E-state index contributed by atoms with van der Waals surface area (Å²) in [4.78, 5) is 11.6. The second kappa shape index (κ2) is 5.12. The molecule has 0 bridgehead atoms. The quantitative estimate of drug-likeness (QED) is 0.788. The van der Waals surface area contributed by atoms with Crippen LogP contribution in [0.3, 0.4) is 0 Å². The summed E-state index contributed by atoms with van der Waals surface area (Å²) in [7, 11) is 0. The van der Waals surface area contributed by atoms with E-state index >= 15 is 0 Å². The highest BCUT2D eigenvalue weighted by Crippen LogP contribution is 2.09. The van der Waals surface area contributed by atoms with Gasteiger partial charge >= 0.3 is 5.97 Å². The summed E-state index contributed by atoms with van der Waals surface area (Å²) in [5, 5.41) is 3.13. The Labute approximate surface area is 95.8 Å². The summed E-state index contributed by atoms with van der Waals surface area (Å²) in [5.41, 5.74) is 2.24. The number of hydrogen-bond acceptors (Lipinski definition) is 3. The number of nitrogens with one attached hydrogen (secondary N) is 1. The molecular formula is C13H17NO2. The Bertz CT molecular complexity index is 370. The monoisotopic (exact) mass is 219 g/mol. The van der Waals surface area contributed by atoms with E-state index in [9.17, 15) is 4.79 Å². The van der Waals surface area contributed by atoms with E-state index in [0.29, 0.717) is 6.61 Å². The standard InChI is InChI=1S/C13H17NO2/c1-10-4-2-5-11(8-10)9-16-13(15)12-6-3-7-14-12/h2,4-5,8,12,14H,3,6-7,9H2,1H3. The van der Waals surface area contributed by atoms with E-state index in [1.54, 1.807) is 0 Å². The van der Waals surface area contributed by atoms with Crippen molar-refractivity contribution in [1.29, 1.82) is 0 Å². The minimum Gasteiger partial charge on any atom is -0.460 e. The van der Waals surface area contributed by atoms with Gasteiger partial charge in [-0.3, -0.25) is 4.79 Å². The SMILES string of the molecule is Cc1cccc(COC(=O)C2CCCN2)c1. The molecule has 1 N–H and O–H groups in total. The van der Waals surface area contributed by atoms with Crippen LogP contribution in [0.5, 0.6) is 0 Å². The maximum absolute atomic E-state index is 11.6. The van der Waals surface area contributed by atoms with Crippen molar-refractivity contribution in [1.82, 2.24) is 5.32 Å². The Morgan fingerprint density at radius 3 is 3.12 bits per heavy atom. The number of hydrogen-bond donors (Lipinski definition) is 1. The zero-order valence-electron chi connectivity index (χ0n) is 9.53. The van der Waals surface area contributed by atoms with E-state index in [1.165, 1.54) is 5.56 Å². The Balaban J connectivity index is 1.84. The maximum Gasteiger partial charge on any atom is 0.323 e. The van der Waals surface area contributed by atoms with Crippen LogP contribution in [0.15, 0.2) is 24.3 Å². The van der Waals surface area contributed by atoms with Crippen molar-refractivity contribution in [3.05, 3.63) is 35.4 Å². The molecule has 1 heterocycles. The van der Waals surface area contributed by atoms with E-state index in [-0.39, 0.29) is 12.0 Å². The molecule has 3 heteroatoms. The van der Waals surface area contributed by atoms with Crippen molar-refractivity contribution < 1.29 is 9.53 Å². The molecule has 1 unspecified atom stereocenters. The Morgan fingerprint density at radius 1 is 1.56 bits per heavy atom. The van der Waals surface area contributed by atoms with Crippen LogP contribution in [0, 0.1) is 6.92 Å². The number of benzene rings is 1. The van der Waals surface area contributed by atoms with Gasteiger partial charge < -0.3 is 10.1 Å². The second-order valence-corrected chi connectivity index (χ2v) is 4.25. The molecule has 1 aliphatic rings. The number of rotatable bonds is 3. The number of carbonyl (C=O) groups is 1. The molecule has 1 saturated heterocycles. The molecule has 1 aromatic carbocycles. The minimum atomic E-state index is -0.126. The molecule has 0 amide bonds. The molecule has 2 rings (SSSR count). The first-order chi connectivity index (χ1) is 7.75. The van der Waals surface area contributed by atoms with Gasteiger partial charge in [-0.15, -0.1) is 0 Å². The van der Waals surface area contributed by atoms with Crippen molar-refractivity contribution in [2.24, 2.45) is 0 Å². The fourth-order valence-electron chi connectivity index (χ4n) is 1.94. The van der Waals surface area contributed by atoms with Gasteiger partial charge in [-0.1, -0.05) is 29.8 Å². The van der Waals surface area contributed by atoms with Gasteiger partial charge in [0.25, 0.3) is 0 Å². The van der Waals surface area contributed by atoms with Crippen LogP contribution in [-0.2, 0) is 16.1 Å². The molecule has 0 aromatic heterocycles. The summed E-state index contributed by atoms with van der Waals surface area (Å²) in [6.45, 7) is 3.33. The van der Waals surface area contributed by atoms with Crippen LogP contribution in [0.25, 0.3) is 0 Å². The van der Waals surface area contributed by atoms with Gasteiger partial charge in [0.05, 0.1) is 0 Å². The van der Waals surface area contributed by atoms with Gasteiger partial charge in [-0.05, 0) is 31.9 Å². The predicted molar refractivity (Wildman–Crippen MR) is 62.0 cm³/mol. The highest BCUT2D eigenvalue weighted by atomic mass is 16.5. The summed E-state index contributed by atoms with van der Waals surface area (Å²) in [6, 6.07) is 7.93. The first-order valence-electron chi connectivity index (χ1n) is 5.71. The third-order valence-corrected chi connectivity index (χ3v) is 2.81. The van der Waals surface area contributed by atoms with Gasteiger partial charge in [-0.25, -0.2) is 0 Å². The van der Waals surface area contributed by atoms with Crippen LogP contribution in [0.4, 0.5) is 0 Å². The number of ether oxygens (including phenoxy) is 1. The van der Waals surface area contributed by atoms with Crippen LogP contribution in [-0.4, -0.2) is 18.6 Å². The number of esters is 1. The summed E-state index contributed by atoms with van der Waals surface area (Å²) < 4.78 is 5.27. The normalized spacial score (nSPS) is 19.7. The van der Waals surface area contributed by atoms with Crippen LogP contribution >= 0.6 is 0 Å². The van der Waals surface area contributed by atoms with Crippen molar-refractivity contribution in [2.45, 2.75) is 32.4 Å². The van der Waals surface area contributed by atoms with E-state index in [0.717, 1.165) is 24.9 Å². The fourth-order valence-corrected chi connectivity index (χ4v) is 1.94. The van der Waals surface area contributed by atoms with Gasteiger partial charge in [0, 0.05) is 0 Å². The molecule has 1 fully saturated rings. The predicted octanol–water partition coefficient (Wildman–Crippen LogP) is 1.79. The van der Waals surface area contributed by atoms with Crippen LogP contribution in [0.2, 0.25) is 0 Å². The first kappa shape index (κ1) is 11.1. The van der Waals surface area contributed by atoms with Gasteiger partial charge in [0.15, 0.2) is 0 Å².